The number of hydrogen-bond acceptors (Lipinski definition) is 4. The number of carbonyl (C=O) groups excluding carboxylic acids is 2. The number of rotatable bonds is 2. The summed E-state index contributed by atoms with van der Waals surface area (Å²) in [4.78, 5) is 22.7. The van der Waals surface area contributed by atoms with Crippen molar-refractivity contribution in [2.45, 2.75) is 12.2 Å². The molecule has 0 bridgehead atoms. The lowest BCUT2D eigenvalue weighted by atomic mass is 10.1. The topological polar surface area (TPSA) is 96.2 Å². The number of carbonyl (C=O) groups is 2. The SMILES string of the molecule is NNC1(c2ccccc2)NC(=O)CC(=O)N1. The van der Waals surface area contributed by atoms with E-state index in [1.807, 2.05) is 6.07 Å². The molecule has 0 spiro atoms. The zero-order chi connectivity index (χ0) is 11.6. The van der Waals surface area contributed by atoms with Crippen LogP contribution in [-0.4, -0.2) is 11.8 Å². The minimum Gasteiger partial charge on any atom is -0.316 e. The zero-order valence-corrected chi connectivity index (χ0v) is 8.49. The molecule has 0 aliphatic carbocycles. The van der Waals surface area contributed by atoms with Crippen molar-refractivity contribution in [3.05, 3.63) is 35.9 Å². The van der Waals surface area contributed by atoms with Gasteiger partial charge in [-0.1, -0.05) is 30.3 Å². The van der Waals surface area contributed by atoms with Crippen LogP contribution in [0, 0.1) is 0 Å². The highest BCUT2D eigenvalue weighted by Crippen LogP contribution is 2.17. The molecule has 1 aliphatic rings. The summed E-state index contributed by atoms with van der Waals surface area (Å²) in [5.74, 6) is 3.46. The molecule has 2 rings (SSSR count). The maximum atomic E-state index is 11.4. The van der Waals surface area contributed by atoms with Crippen LogP contribution in [0.5, 0.6) is 0 Å². The molecule has 0 unspecified atom stereocenters. The fraction of sp³-hybridized carbons (Fsp3) is 0.200. The lowest BCUT2D eigenvalue weighted by Gasteiger charge is -2.38. The van der Waals surface area contributed by atoms with E-state index in [0.29, 0.717) is 5.56 Å². The smallest absolute Gasteiger partial charge is 0.232 e. The Labute approximate surface area is 92.2 Å². The van der Waals surface area contributed by atoms with Gasteiger partial charge in [-0.3, -0.25) is 15.4 Å². The maximum Gasteiger partial charge on any atom is 0.232 e. The summed E-state index contributed by atoms with van der Waals surface area (Å²) in [5, 5.41) is 5.24. The first-order chi connectivity index (χ1) is 7.66. The minimum absolute atomic E-state index is 0.184. The molecule has 5 N–H and O–H groups in total. The highest BCUT2D eigenvalue weighted by atomic mass is 16.2. The summed E-state index contributed by atoms with van der Waals surface area (Å²) in [6, 6.07) is 8.93. The lowest BCUT2D eigenvalue weighted by molar-refractivity contribution is -0.138. The highest BCUT2D eigenvalue weighted by molar-refractivity contribution is 5.99. The van der Waals surface area contributed by atoms with Gasteiger partial charge in [-0.15, -0.1) is 0 Å². The lowest BCUT2D eigenvalue weighted by Crippen LogP contribution is -2.71. The summed E-state index contributed by atoms with van der Waals surface area (Å²) >= 11 is 0. The van der Waals surface area contributed by atoms with Crippen LogP contribution in [-0.2, 0) is 15.4 Å². The Hall–Kier alpha value is -1.92. The molecule has 0 radical (unpaired) electrons. The Kier molecular flexibility index (Phi) is 2.59. The van der Waals surface area contributed by atoms with E-state index < -0.39 is 5.79 Å². The largest absolute Gasteiger partial charge is 0.316 e. The molecule has 1 aromatic rings. The molecular formula is C10H12N4O2. The Balaban J connectivity index is 2.39. The quantitative estimate of drug-likeness (QED) is 0.289. The van der Waals surface area contributed by atoms with Gasteiger partial charge < -0.3 is 10.6 Å². The number of nitrogens with two attached hydrogens (primary N) is 1. The molecule has 16 heavy (non-hydrogen) atoms. The van der Waals surface area contributed by atoms with Gasteiger partial charge in [0.05, 0.1) is 0 Å². The Morgan fingerprint density at radius 1 is 1.12 bits per heavy atom. The van der Waals surface area contributed by atoms with E-state index in [1.165, 1.54) is 0 Å². The highest BCUT2D eigenvalue weighted by Gasteiger charge is 2.38. The second-order valence-corrected chi connectivity index (χ2v) is 3.53. The Bertz CT molecular complexity index is 402. The predicted molar refractivity (Wildman–Crippen MR) is 56.3 cm³/mol. The third kappa shape index (κ3) is 1.75. The first-order valence-electron chi connectivity index (χ1n) is 4.81. The fourth-order valence-corrected chi connectivity index (χ4v) is 1.67. The number of hydrogen-bond donors (Lipinski definition) is 4. The van der Waals surface area contributed by atoms with Gasteiger partial charge in [0.15, 0.2) is 0 Å². The van der Waals surface area contributed by atoms with E-state index >= 15 is 0 Å². The van der Waals surface area contributed by atoms with Crippen LogP contribution in [0.1, 0.15) is 12.0 Å². The second kappa shape index (κ2) is 3.92. The van der Waals surface area contributed by atoms with E-state index in [9.17, 15) is 9.59 Å². The van der Waals surface area contributed by atoms with E-state index in [2.05, 4.69) is 16.1 Å². The first-order valence-corrected chi connectivity index (χ1v) is 4.81. The number of benzene rings is 1. The van der Waals surface area contributed by atoms with Crippen LogP contribution in [0.3, 0.4) is 0 Å². The third-order valence-electron chi connectivity index (χ3n) is 2.40. The van der Waals surface area contributed by atoms with Crippen molar-refractivity contribution in [3.63, 3.8) is 0 Å². The molecule has 84 valence electrons. The van der Waals surface area contributed by atoms with Gasteiger partial charge in [0.1, 0.15) is 6.42 Å². The van der Waals surface area contributed by atoms with Crippen molar-refractivity contribution in [3.8, 4) is 0 Å². The van der Waals surface area contributed by atoms with Crippen molar-refractivity contribution in [1.82, 2.24) is 16.1 Å². The average Bonchev–Trinajstić information content (AvgIpc) is 2.29. The maximum absolute atomic E-state index is 11.4. The van der Waals surface area contributed by atoms with E-state index in [4.69, 9.17) is 5.84 Å². The normalized spacial score (nSPS) is 18.8. The summed E-state index contributed by atoms with van der Waals surface area (Å²) < 4.78 is 0. The van der Waals surface area contributed by atoms with Crippen molar-refractivity contribution < 1.29 is 9.59 Å². The van der Waals surface area contributed by atoms with Crippen LogP contribution in [0.15, 0.2) is 30.3 Å². The number of hydrazine groups is 1. The summed E-state index contributed by atoms with van der Waals surface area (Å²) in [7, 11) is 0. The van der Waals surface area contributed by atoms with Gasteiger partial charge >= 0.3 is 0 Å². The van der Waals surface area contributed by atoms with Crippen molar-refractivity contribution in [1.29, 1.82) is 0 Å². The molecule has 0 saturated carbocycles. The molecule has 0 aromatic heterocycles. The Morgan fingerprint density at radius 2 is 1.69 bits per heavy atom. The molecule has 0 atom stereocenters. The van der Waals surface area contributed by atoms with E-state index in [1.54, 1.807) is 24.3 Å². The van der Waals surface area contributed by atoms with Crippen LogP contribution in [0.4, 0.5) is 0 Å². The molecule has 1 aromatic carbocycles. The molecular weight excluding hydrogens is 208 g/mol. The second-order valence-electron chi connectivity index (χ2n) is 3.53. The third-order valence-corrected chi connectivity index (χ3v) is 2.40. The van der Waals surface area contributed by atoms with Crippen LogP contribution in [0.2, 0.25) is 0 Å². The number of nitrogens with one attached hydrogen (secondary N) is 3. The monoisotopic (exact) mass is 220 g/mol. The van der Waals surface area contributed by atoms with Gasteiger partial charge in [-0.05, 0) is 0 Å². The Morgan fingerprint density at radius 3 is 2.19 bits per heavy atom. The molecule has 1 aliphatic heterocycles. The summed E-state index contributed by atoms with van der Waals surface area (Å²) in [6.45, 7) is 0. The zero-order valence-electron chi connectivity index (χ0n) is 8.49. The van der Waals surface area contributed by atoms with Crippen molar-refractivity contribution in [2.24, 2.45) is 5.84 Å². The fourth-order valence-electron chi connectivity index (χ4n) is 1.67. The molecule has 1 saturated heterocycles. The molecule has 2 amide bonds. The minimum atomic E-state index is -1.21. The standard InChI is InChI=1S/C10H12N4O2/c11-14-10(7-4-2-1-3-5-7)12-8(15)6-9(16)13-10/h1-5,14H,6,11H2,(H,12,15)(H,13,16). The predicted octanol–water partition coefficient (Wildman–Crippen LogP) is -1.10. The first kappa shape index (κ1) is 10.6. The van der Waals surface area contributed by atoms with E-state index in [-0.39, 0.29) is 18.2 Å². The van der Waals surface area contributed by atoms with E-state index in [0.717, 1.165) is 0 Å². The summed E-state index contributed by atoms with van der Waals surface area (Å²) in [5.41, 5.74) is 3.10. The molecule has 1 heterocycles. The molecule has 6 heteroatoms. The number of amides is 2. The van der Waals surface area contributed by atoms with Crippen molar-refractivity contribution >= 4 is 11.8 Å². The van der Waals surface area contributed by atoms with Gasteiger partial charge in [-0.2, -0.15) is 0 Å². The van der Waals surface area contributed by atoms with Crippen LogP contribution < -0.4 is 21.9 Å². The van der Waals surface area contributed by atoms with Crippen LogP contribution >= 0.6 is 0 Å². The molecule has 1 fully saturated rings. The van der Waals surface area contributed by atoms with Crippen molar-refractivity contribution in [2.75, 3.05) is 0 Å². The molecule has 6 nitrogen and oxygen atoms in total. The average molecular weight is 220 g/mol. The van der Waals surface area contributed by atoms with Crippen LogP contribution in [0.25, 0.3) is 0 Å². The van der Waals surface area contributed by atoms with Gasteiger partial charge in [0.25, 0.3) is 0 Å². The summed E-state index contributed by atoms with van der Waals surface area (Å²) in [6.07, 6.45) is -0.184. The van der Waals surface area contributed by atoms with Gasteiger partial charge in [0.2, 0.25) is 17.6 Å². The van der Waals surface area contributed by atoms with Gasteiger partial charge in [0, 0.05) is 5.56 Å². The van der Waals surface area contributed by atoms with Gasteiger partial charge in [-0.25, -0.2) is 5.43 Å².